The molecule has 0 bridgehead atoms. The zero-order valence-electron chi connectivity index (χ0n) is 18.8. The van der Waals surface area contributed by atoms with Crippen LogP contribution in [-0.4, -0.2) is 88.1 Å². The van der Waals surface area contributed by atoms with Gasteiger partial charge in [0.15, 0.2) is 0 Å². The molecular formula is C20H35N5O7. The summed E-state index contributed by atoms with van der Waals surface area (Å²) in [5.41, 5.74) is 5.42. The largest absolute Gasteiger partial charge is 0.480 e. The summed E-state index contributed by atoms with van der Waals surface area (Å²) in [5.74, 6) is -3.52. The predicted molar refractivity (Wildman–Crippen MR) is 114 cm³/mol. The highest BCUT2D eigenvalue weighted by Crippen LogP contribution is 2.20. The number of nitrogens with one attached hydrogen (secondary N) is 3. The number of nitrogens with zero attached hydrogens (tertiary/aromatic N) is 1. The van der Waals surface area contributed by atoms with E-state index < -0.39 is 59.9 Å². The zero-order valence-corrected chi connectivity index (χ0v) is 18.8. The molecule has 12 nitrogen and oxygen atoms in total. The molecule has 1 rings (SSSR count). The van der Waals surface area contributed by atoms with Gasteiger partial charge >= 0.3 is 5.97 Å². The van der Waals surface area contributed by atoms with Crippen molar-refractivity contribution in [2.45, 2.75) is 83.1 Å². The maximum Gasteiger partial charge on any atom is 0.326 e. The third-order valence-corrected chi connectivity index (χ3v) is 5.26. The lowest BCUT2D eigenvalue weighted by Crippen LogP contribution is -2.59. The van der Waals surface area contributed by atoms with E-state index in [1.807, 2.05) is 0 Å². The van der Waals surface area contributed by atoms with E-state index in [0.29, 0.717) is 32.2 Å². The fraction of sp³-hybridized carbons (Fsp3) is 0.750. The Morgan fingerprint density at radius 2 is 1.75 bits per heavy atom. The van der Waals surface area contributed by atoms with Crippen molar-refractivity contribution >= 4 is 29.6 Å². The zero-order chi connectivity index (χ0) is 24.4. The minimum Gasteiger partial charge on any atom is -0.480 e. The highest BCUT2D eigenvalue weighted by atomic mass is 16.4. The van der Waals surface area contributed by atoms with E-state index in [4.69, 9.17) is 5.73 Å². The highest BCUT2D eigenvalue weighted by Gasteiger charge is 2.40. The second-order valence-electron chi connectivity index (χ2n) is 8.02. The molecule has 0 spiro atoms. The molecule has 5 atom stereocenters. The van der Waals surface area contributed by atoms with E-state index in [9.17, 15) is 34.2 Å². The number of carbonyl (C=O) groups excluding carboxylic acids is 4. The van der Waals surface area contributed by atoms with Gasteiger partial charge in [-0.15, -0.1) is 0 Å². The van der Waals surface area contributed by atoms with Crippen molar-refractivity contribution in [2.75, 3.05) is 13.1 Å². The summed E-state index contributed by atoms with van der Waals surface area (Å²) in [5, 5.41) is 26.7. The van der Waals surface area contributed by atoms with Crippen LogP contribution in [0.4, 0.5) is 0 Å². The Balaban J connectivity index is 2.87. The number of aliphatic hydroxyl groups excluding tert-OH is 1. The van der Waals surface area contributed by atoms with E-state index >= 15 is 0 Å². The van der Waals surface area contributed by atoms with Crippen LogP contribution in [0.1, 0.15) is 52.9 Å². The maximum absolute atomic E-state index is 13.1. The first kappa shape index (κ1) is 27.3. The molecule has 1 fully saturated rings. The van der Waals surface area contributed by atoms with Crippen molar-refractivity contribution in [3.05, 3.63) is 0 Å². The summed E-state index contributed by atoms with van der Waals surface area (Å²) in [6.45, 7) is 4.65. The van der Waals surface area contributed by atoms with Crippen LogP contribution < -0.4 is 21.7 Å². The van der Waals surface area contributed by atoms with Crippen molar-refractivity contribution in [1.82, 2.24) is 20.9 Å². The Hall–Kier alpha value is -2.73. The molecule has 0 aromatic carbocycles. The Labute approximate surface area is 187 Å². The first-order valence-electron chi connectivity index (χ1n) is 10.8. The van der Waals surface area contributed by atoms with E-state index in [0.717, 1.165) is 0 Å². The first-order valence-corrected chi connectivity index (χ1v) is 10.8. The van der Waals surface area contributed by atoms with Crippen LogP contribution in [0, 0.1) is 0 Å². The third-order valence-electron chi connectivity index (χ3n) is 5.26. The van der Waals surface area contributed by atoms with Crippen LogP contribution >= 0.6 is 0 Å². The Morgan fingerprint density at radius 1 is 1.09 bits per heavy atom. The number of aliphatic hydroxyl groups is 1. The minimum atomic E-state index is -1.33. The van der Waals surface area contributed by atoms with E-state index in [2.05, 4.69) is 16.0 Å². The number of amides is 4. The number of aliphatic carboxylic acids is 1. The average Bonchev–Trinajstić information content (AvgIpc) is 3.19. The van der Waals surface area contributed by atoms with Gasteiger partial charge in [0.2, 0.25) is 23.6 Å². The molecule has 0 saturated carbocycles. The van der Waals surface area contributed by atoms with Crippen LogP contribution in [-0.2, 0) is 24.0 Å². The quantitative estimate of drug-likeness (QED) is 0.182. The molecule has 0 radical (unpaired) electrons. The van der Waals surface area contributed by atoms with Crippen molar-refractivity contribution in [2.24, 2.45) is 5.73 Å². The Bertz CT molecular complexity index is 700. The molecule has 12 heteroatoms. The normalized spacial score (nSPS) is 19.4. The van der Waals surface area contributed by atoms with Gasteiger partial charge in [0.25, 0.3) is 0 Å². The number of unbranched alkanes of at least 4 members (excludes halogenated alkanes) is 1. The molecule has 1 saturated heterocycles. The van der Waals surface area contributed by atoms with Crippen LogP contribution in [0.3, 0.4) is 0 Å². The van der Waals surface area contributed by atoms with Gasteiger partial charge in [-0.05, 0) is 52.5 Å². The number of nitrogens with two attached hydrogens (primary N) is 1. The van der Waals surface area contributed by atoms with Gasteiger partial charge in [0.1, 0.15) is 24.2 Å². The lowest BCUT2D eigenvalue weighted by atomic mass is 10.1. The molecule has 1 heterocycles. The molecule has 0 aliphatic carbocycles. The van der Waals surface area contributed by atoms with Crippen molar-refractivity contribution in [3.8, 4) is 0 Å². The van der Waals surface area contributed by atoms with E-state index in [1.54, 1.807) is 0 Å². The van der Waals surface area contributed by atoms with Crippen LogP contribution in [0.2, 0.25) is 0 Å². The fourth-order valence-electron chi connectivity index (χ4n) is 3.54. The average molecular weight is 458 g/mol. The van der Waals surface area contributed by atoms with Gasteiger partial charge in [-0.25, -0.2) is 4.79 Å². The number of hydrogen-bond donors (Lipinski definition) is 6. The lowest BCUT2D eigenvalue weighted by Gasteiger charge is -2.31. The molecule has 7 N–H and O–H groups in total. The smallest absolute Gasteiger partial charge is 0.326 e. The van der Waals surface area contributed by atoms with Crippen LogP contribution in [0.25, 0.3) is 0 Å². The van der Waals surface area contributed by atoms with Gasteiger partial charge < -0.3 is 36.8 Å². The SMILES string of the molecule is CC(=O)N[C@@H](C)C(=O)N[C@H](C(=O)N1CCC[C@H]1C(=O)N[C@@H](CCCCN)C(=O)O)[C@@H](C)O. The summed E-state index contributed by atoms with van der Waals surface area (Å²) in [6.07, 6.45) is 0.951. The van der Waals surface area contributed by atoms with Gasteiger partial charge in [-0.2, -0.15) is 0 Å². The lowest BCUT2D eigenvalue weighted by molar-refractivity contribution is -0.146. The monoisotopic (exact) mass is 457 g/mol. The van der Waals surface area contributed by atoms with Gasteiger partial charge in [-0.3, -0.25) is 19.2 Å². The molecule has 4 amide bonds. The highest BCUT2D eigenvalue weighted by molar-refractivity contribution is 5.95. The number of carboxylic acids is 1. The molecule has 1 aliphatic rings. The molecule has 1 aliphatic heterocycles. The minimum absolute atomic E-state index is 0.215. The molecule has 0 aromatic rings. The fourth-order valence-corrected chi connectivity index (χ4v) is 3.54. The van der Waals surface area contributed by atoms with Crippen LogP contribution in [0.5, 0.6) is 0 Å². The van der Waals surface area contributed by atoms with Crippen LogP contribution in [0.15, 0.2) is 0 Å². The van der Waals surface area contributed by atoms with Gasteiger partial charge in [0, 0.05) is 13.5 Å². The molecular weight excluding hydrogens is 422 g/mol. The number of carboxylic acid groups (broad SMARTS) is 1. The summed E-state index contributed by atoms with van der Waals surface area (Å²) >= 11 is 0. The van der Waals surface area contributed by atoms with Crippen molar-refractivity contribution in [3.63, 3.8) is 0 Å². The molecule has 32 heavy (non-hydrogen) atoms. The molecule has 0 unspecified atom stereocenters. The molecule has 0 aromatic heterocycles. The summed E-state index contributed by atoms with van der Waals surface area (Å²) in [6, 6.07) is -4.27. The molecule has 182 valence electrons. The number of carbonyl (C=O) groups is 5. The maximum atomic E-state index is 13.1. The second-order valence-corrected chi connectivity index (χ2v) is 8.02. The van der Waals surface area contributed by atoms with E-state index in [1.165, 1.54) is 25.7 Å². The second kappa shape index (κ2) is 13.0. The van der Waals surface area contributed by atoms with Gasteiger partial charge in [0.05, 0.1) is 6.10 Å². The van der Waals surface area contributed by atoms with Crippen molar-refractivity contribution < 1.29 is 34.2 Å². The summed E-state index contributed by atoms with van der Waals surface area (Å²) in [7, 11) is 0. The standard InChI is InChI=1S/C20H35N5O7/c1-11(22-13(3)27)17(28)24-16(12(2)26)19(30)25-10-6-8-15(25)18(29)23-14(20(31)32)7-4-5-9-21/h11-12,14-16,26H,4-10,21H2,1-3H3,(H,22,27)(H,23,29)(H,24,28)(H,31,32)/t11-,12+,14-,15-,16-/m0/s1. The number of likely N-dealkylation sites (tertiary alicyclic amines) is 1. The number of hydrogen-bond acceptors (Lipinski definition) is 7. The predicted octanol–water partition coefficient (Wildman–Crippen LogP) is -1.93. The Morgan fingerprint density at radius 3 is 2.28 bits per heavy atom. The summed E-state index contributed by atoms with van der Waals surface area (Å²) in [4.78, 5) is 62.0. The first-order chi connectivity index (χ1) is 15.0. The van der Waals surface area contributed by atoms with Gasteiger partial charge in [-0.1, -0.05) is 0 Å². The Kier molecular flexibility index (Phi) is 11.1. The summed E-state index contributed by atoms with van der Waals surface area (Å²) < 4.78 is 0. The van der Waals surface area contributed by atoms with Crippen molar-refractivity contribution in [1.29, 1.82) is 0 Å². The number of rotatable bonds is 12. The topological polar surface area (TPSA) is 191 Å². The van der Waals surface area contributed by atoms with E-state index in [-0.39, 0.29) is 13.0 Å². The third kappa shape index (κ3) is 8.08.